The van der Waals surface area contributed by atoms with Gasteiger partial charge < -0.3 is 21.4 Å². The van der Waals surface area contributed by atoms with Crippen molar-refractivity contribution in [1.29, 1.82) is 0 Å². The van der Waals surface area contributed by atoms with Crippen LogP contribution in [0, 0.1) is 0 Å². The molecule has 5 N–H and O–H groups in total. The van der Waals surface area contributed by atoms with Crippen molar-refractivity contribution in [2.75, 3.05) is 17.6 Å². The highest BCUT2D eigenvalue weighted by molar-refractivity contribution is 5.98. The molecule has 3 aromatic rings. The monoisotopic (exact) mass is 407 g/mol. The van der Waals surface area contributed by atoms with Crippen LogP contribution in [-0.2, 0) is 4.79 Å². The van der Waals surface area contributed by atoms with Gasteiger partial charge in [0.1, 0.15) is 29.4 Å². The van der Waals surface area contributed by atoms with Crippen LogP contribution < -0.4 is 16.4 Å². The topological polar surface area (TPSA) is 122 Å². The van der Waals surface area contributed by atoms with Gasteiger partial charge in [0.05, 0.1) is 5.56 Å². The molecule has 0 bridgehead atoms. The summed E-state index contributed by atoms with van der Waals surface area (Å²) in [5.74, 6) is 0.116. The molecular formula is C18H20F3N7O. The maximum Gasteiger partial charge on any atom is 0.405 e. The van der Waals surface area contributed by atoms with E-state index in [1.807, 2.05) is 11.4 Å². The van der Waals surface area contributed by atoms with E-state index in [0.717, 1.165) is 5.39 Å². The van der Waals surface area contributed by atoms with Crippen LogP contribution in [-0.4, -0.2) is 44.1 Å². The molecule has 8 nitrogen and oxygen atoms in total. The van der Waals surface area contributed by atoms with Gasteiger partial charge in [-0.2, -0.15) is 13.2 Å². The lowest BCUT2D eigenvalue weighted by molar-refractivity contribution is -0.140. The fourth-order valence-corrected chi connectivity index (χ4v) is 2.80. The predicted octanol–water partition coefficient (Wildman–Crippen LogP) is 2.86. The SMILES string of the molecule is CCC(C)(Nc1ccnc(-c2c(N)[nH]c3ncccc23)n1)C(=O)NCC(F)(F)F. The van der Waals surface area contributed by atoms with E-state index in [-0.39, 0.29) is 12.2 Å². The summed E-state index contributed by atoms with van der Waals surface area (Å²) in [5, 5.41) is 5.55. The normalized spacial score (nSPS) is 13.8. The molecule has 1 atom stereocenters. The van der Waals surface area contributed by atoms with Gasteiger partial charge >= 0.3 is 6.18 Å². The van der Waals surface area contributed by atoms with Crippen LogP contribution in [0.3, 0.4) is 0 Å². The second-order valence-corrected chi connectivity index (χ2v) is 6.69. The van der Waals surface area contributed by atoms with Gasteiger partial charge in [-0.15, -0.1) is 0 Å². The molecule has 0 aliphatic carbocycles. The Bertz CT molecular complexity index is 1030. The molecule has 1 unspecified atom stereocenters. The summed E-state index contributed by atoms with van der Waals surface area (Å²) < 4.78 is 37.3. The summed E-state index contributed by atoms with van der Waals surface area (Å²) in [4.78, 5) is 28.1. The molecule has 0 aromatic carbocycles. The maximum atomic E-state index is 12.4. The Morgan fingerprint density at radius 3 is 2.69 bits per heavy atom. The molecule has 3 rings (SSSR count). The minimum atomic E-state index is -4.49. The van der Waals surface area contributed by atoms with Gasteiger partial charge in [-0.1, -0.05) is 6.92 Å². The van der Waals surface area contributed by atoms with Gasteiger partial charge in [-0.25, -0.2) is 15.0 Å². The number of carbonyl (C=O) groups is 1. The van der Waals surface area contributed by atoms with Crippen LogP contribution in [0.15, 0.2) is 30.6 Å². The number of anilines is 2. The first-order valence-corrected chi connectivity index (χ1v) is 8.82. The Morgan fingerprint density at radius 2 is 2.00 bits per heavy atom. The largest absolute Gasteiger partial charge is 0.405 e. The van der Waals surface area contributed by atoms with Crippen molar-refractivity contribution in [3.63, 3.8) is 0 Å². The molecular weight excluding hydrogens is 387 g/mol. The van der Waals surface area contributed by atoms with Crippen LogP contribution in [0.1, 0.15) is 20.3 Å². The number of nitrogens with zero attached hydrogens (tertiary/aromatic N) is 3. The Labute approximate surface area is 164 Å². The number of nitrogens with one attached hydrogen (secondary N) is 3. The smallest absolute Gasteiger partial charge is 0.385 e. The molecule has 0 aliphatic heterocycles. The van der Waals surface area contributed by atoms with Gasteiger partial charge in [-0.05, 0) is 31.5 Å². The van der Waals surface area contributed by atoms with E-state index < -0.39 is 24.2 Å². The number of hydrogen-bond donors (Lipinski definition) is 4. The molecule has 0 radical (unpaired) electrons. The van der Waals surface area contributed by atoms with E-state index in [2.05, 4.69) is 25.3 Å². The molecule has 0 spiro atoms. The Kier molecular flexibility index (Phi) is 5.31. The number of nitrogen functional groups attached to an aromatic ring is 1. The lowest BCUT2D eigenvalue weighted by Crippen LogP contribution is -2.52. The first kappa shape index (κ1) is 20.4. The lowest BCUT2D eigenvalue weighted by atomic mass is 9.97. The number of hydrogen-bond acceptors (Lipinski definition) is 6. The quantitative estimate of drug-likeness (QED) is 0.499. The molecule has 1 amide bonds. The number of pyridine rings is 1. The molecule has 0 saturated heterocycles. The first-order valence-electron chi connectivity index (χ1n) is 8.82. The number of alkyl halides is 3. The van der Waals surface area contributed by atoms with E-state index >= 15 is 0 Å². The fourth-order valence-electron chi connectivity index (χ4n) is 2.80. The van der Waals surface area contributed by atoms with Gasteiger partial charge in [0.2, 0.25) is 5.91 Å². The van der Waals surface area contributed by atoms with Crippen LogP contribution in [0.5, 0.6) is 0 Å². The molecule has 3 aromatic heterocycles. The number of aromatic amines is 1. The standard InChI is InChI=1S/C18H20F3N7O/c1-3-17(2,16(29)25-9-18(19,20)21)28-11-6-8-24-15(26-11)12-10-5-4-7-23-14(10)27-13(12)22/h4-8H,3,9,22H2,1-2H3,(H,23,27)(H,25,29)(H,24,26,28). The van der Waals surface area contributed by atoms with Gasteiger partial charge in [-0.3, -0.25) is 4.79 Å². The molecule has 29 heavy (non-hydrogen) atoms. The van der Waals surface area contributed by atoms with Crippen molar-refractivity contribution >= 4 is 28.6 Å². The number of H-pyrrole nitrogens is 1. The average Bonchev–Trinajstić information content (AvgIpc) is 3.01. The van der Waals surface area contributed by atoms with E-state index in [1.54, 1.807) is 19.2 Å². The molecule has 0 aliphatic rings. The molecule has 0 fully saturated rings. The second kappa shape index (κ2) is 7.57. The van der Waals surface area contributed by atoms with Crippen molar-refractivity contribution in [3.8, 4) is 11.4 Å². The Balaban J connectivity index is 1.88. The fraction of sp³-hybridized carbons (Fsp3) is 0.333. The molecule has 11 heteroatoms. The molecule has 0 saturated carbocycles. The van der Waals surface area contributed by atoms with Crippen molar-refractivity contribution < 1.29 is 18.0 Å². The Hall–Kier alpha value is -3.37. The highest BCUT2D eigenvalue weighted by Gasteiger charge is 2.35. The highest BCUT2D eigenvalue weighted by atomic mass is 19.4. The minimum absolute atomic E-state index is 0.231. The van der Waals surface area contributed by atoms with Crippen molar-refractivity contribution in [3.05, 3.63) is 30.6 Å². The van der Waals surface area contributed by atoms with E-state index in [1.165, 1.54) is 19.2 Å². The van der Waals surface area contributed by atoms with Crippen LogP contribution in [0.2, 0.25) is 0 Å². The summed E-state index contributed by atoms with van der Waals surface area (Å²) in [6.45, 7) is 1.78. The van der Waals surface area contributed by atoms with E-state index in [4.69, 9.17) is 5.73 Å². The number of aromatic nitrogens is 4. The van der Waals surface area contributed by atoms with Crippen molar-refractivity contribution in [2.45, 2.75) is 32.0 Å². The van der Waals surface area contributed by atoms with Crippen molar-refractivity contribution in [1.82, 2.24) is 25.3 Å². The lowest BCUT2D eigenvalue weighted by Gasteiger charge is -2.29. The zero-order valence-corrected chi connectivity index (χ0v) is 15.8. The number of halogens is 3. The molecule has 3 heterocycles. The predicted molar refractivity (Wildman–Crippen MR) is 103 cm³/mol. The van der Waals surface area contributed by atoms with Gasteiger partial charge in [0.15, 0.2) is 5.82 Å². The van der Waals surface area contributed by atoms with Crippen LogP contribution in [0.25, 0.3) is 22.4 Å². The third kappa shape index (κ3) is 4.39. The molecule has 154 valence electrons. The summed E-state index contributed by atoms with van der Waals surface area (Å²) in [6.07, 6.45) is -1.17. The number of amides is 1. The van der Waals surface area contributed by atoms with E-state index in [9.17, 15) is 18.0 Å². The number of nitrogens with two attached hydrogens (primary N) is 1. The van der Waals surface area contributed by atoms with Gasteiger partial charge in [0.25, 0.3) is 0 Å². The highest BCUT2D eigenvalue weighted by Crippen LogP contribution is 2.31. The summed E-state index contributed by atoms with van der Waals surface area (Å²) in [6, 6.07) is 5.09. The number of fused-ring (bicyclic) bond motifs is 1. The minimum Gasteiger partial charge on any atom is -0.385 e. The third-order valence-corrected chi connectivity index (χ3v) is 4.54. The Morgan fingerprint density at radius 1 is 1.24 bits per heavy atom. The zero-order chi connectivity index (χ0) is 21.2. The summed E-state index contributed by atoms with van der Waals surface area (Å²) >= 11 is 0. The maximum absolute atomic E-state index is 12.4. The second-order valence-electron chi connectivity index (χ2n) is 6.69. The zero-order valence-electron chi connectivity index (χ0n) is 15.8. The van der Waals surface area contributed by atoms with E-state index in [0.29, 0.717) is 22.9 Å². The number of carbonyl (C=O) groups excluding carboxylic acids is 1. The average molecular weight is 407 g/mol. The summed E-state index contributed by atoms with van der Waals surface area (Å²) in [5.41, 5.74) is 5.88. The number of rotatable bonds is 6. The van der Waals surface area contributed by atoms with Crippen molar-refractivity contribution in [2.24, 2.45) is 0 Å². The van der Waals surface area contributed by atoms with Crippen LogP contribution in [0.4, 0.5) is 24.8 Å². The summed E-state index contributed by atoms with van der Waals surface area (Å²) in [7, 11) is 0. The van der Waals surface area contributed by atoms with Gasteiger partial charge in [0, 0.05) is 17.8 Å². The van der Waals surface area contributed by atoms with Crippen LogP contribution >= 0.6 is 0 Å². The third-order valence-electron chi connectivity index (χ3n) is 4.54. The first-order chi connectivity index (χ1) is 13.6.